The van der Waals surface area contributed by atoms with Crippen LogP contribution >= 0.6 is 24.0 Å². The molecule has 1 aromatic carbocycles. The Hall–Kier alpha value is -0.870. The number of hydrogen-bond donors (Lipinski definition) is 2. The van der Waals surface area contributed by atoms with Gasteiger partial charge in [-0.3, -0.25) is 4.99 Å². The molecule has 1 aliphatic rings. The van der Waals surface area contributed by atoms with E-state index in [1.807, 2.05) is 0 Å². The van der Waals surface area contributed by atoms with Crippen LogP contribution in [0.25, 0.3) is 0 Å². The lowest BCUT2D eigenvalue weighted by atomic mass is 9.99. The van der Waals surface area contributed by atoms with E-state index >= 15 is 0 Å². The molecule has 2 N–H and O–H groups in total. The van der Waals surface area contributed by atoms with Crippen LogP contribution in [0.1, 0.15) is 32.3 Å². The van der Waals surface area contributed by atoms with Gasteiger partial charge in [-0.05, 0) is 44.6 Å². The van der Waals surface area contributed by atoms with Crippen molar-refractivity contribution in [2.45, 2.75) is 33.1 Å². The van der Waals surface area contributed by atoms with Crippen molar-refractivity contribution in [1.82, 2.24) is 14.9 Å². The highest BCUT2D eigenvalue weighted by atomic mass is 127. The van der Waals surface area contributed by atoms with E-state index in [4.69, 9.17) is 0 Å². The smallest absolute Gasteiger partial charge is 0.211 e. The van der Waals surface area contributed by atoms with Crippen LogP contribution in [-0.4, -0.2) is 57.8 Å². The fraction of sp³-hybridized carbons (Fsp3) is 0.632. The first-order valence-electron chi connectivity index (χ1n) is 9.58. The molecule has 0 bridgehead atoms. The van der Waals surface area contributed by atoms with E-state index in [9.17, 15) is 8.42 Å². The summed E-state index contributed by atoms with van der Waals surface area (Å²) in [6.45, 7) is 7.64. The maximum absolute atomic E-state index is 11.4. The summed E-state index contributed by atoms with van der Waals surface area (Å²) >= 11 is 0. The minimum Gasteiger partial charge on any atom is -0.357 e. The van der Waals surface area contributed by atoms with E-state index in [0.717, 1.165) is 32.0 Å². The highest BCUT2D eigenvalue weighted by Crippen LogP contribution is 2.20. The molecule has 1 atom stereocenters. The van der Waals surface area contributed by atoms with Gasteiger partial charge in [0.05, 0.1) is 5.75 Å². The molecular weight excluding hydrogens is 475 g/mol. The van der Waals surface area contributed by atoms with Crippen molar-refractivity contribution in [3.63, 3.8) is 0 Å². The molecule has 2 rings (SSSR count). The number of guanidine groups is 1. The first-order valence-corrected chi connectivity index (χ1v) is 11.2. The number of nitrogens with zero attached hydrogens (tertiary/aromatic N) is 2. The molecule has 1 aromatic rings. The molecule has 1 unspecified atom stereocenters. The predicted octanol–water partition coefficient (Wildman–Crippen LogP) is 2.46. The Kier molecular flexibility index (Phi) is 11.2. The Bertz CT molecular complexity index is 668. The van der Waals surface area contributed by atoms with Crippen molar-refractivity contribution in [3.05, 3.63) is 35.9 Å². The minimum absolute atomic E-state index is 0. The lowest BCUT2D eigenvalue weighted by Gasteiger charge is -2.21. The molecule has 1 fully saturated rings. The number of hydrogen-bond acceptors (Lipinski definition) is 3. The Labute approximate surface area is 181 Å². The van der Waals surface area contributed by atoms with Crippen LogP contribution in [0.2, 0.25) is 0 Å². The topological polar surface area (TPSA) is 73.8 Å². The van der Waals surface area contributed by atoms with E-state index in [-0.39, 0.29) is 29.7 Å². The fourth-order valence-corrected chi connectivity index (χ4v) is 3.82. The van der Waals surface area contributed by atoms with Gasteiger partial charge < -0.3 is 10.2 Å². The summed E-state index contributed by atoms with van der Waals surface area (Å²) in [6.07, 6.45) is 2.99. The van der Waals surface area contributed by atoms with Crippen molar-refractivity contribution in [1.29, 1.82) is 0 Å². The van der Waals surface area contributed by atoms with E-state index in [2.05, 4.69) is 57.2 Å². The zero-order valence-electron chi connectivity index (χ0n) is 16.4. The van der Waals surface area contributed by atoms with Gasteiger partial charge in [-0.25, -0.2) is 13.1 Å². The third kappa shape index (κ3) is 8.78. The van der Waals surface area contributed by atoms with Gasteiger partial charge in [0.25, 0.3) is 0 Å². The molecule has 0 aliphatic carbocycles. The molecule has 154 valence electrons. The highest BCUT2D eigenvalue weighted by Gasteiger charge is 2.24. The molecule has 0 radical (unpaired) electrons. The molecule has 0 spiro atoms. The van der Waals surface area contributed by atoms with Gasteiger partial charge in [-0.15, -0.1) is 24.0 Å². The number of aliphatic imine (C=N–C) groups is 1. The van der Waals surface area contributed by atoms with Crippen LogP contribution in [-0.2, 0) is 16.4 Å². The second-order valence-corrected chi connectivity index (χ2v) is 8.77. The van der Waals surface area contributed by atoms with E-state index in [0.29, 0.717) is 25.4 Å². The fourth-order valence-electron chi connectivity index (χ4n) is 3.16. The van der Waals surface area contributed by atoms with E-state index < -0.39 is 10.0 Å². The SMILES string of the molecule is CCNC(=NCCCNS(=O)(=O)CC)N1CCC(Cc2ccccc2)C1.I. The summed E-state index contributed by atoms with van der Waals surface area (Å²) in [6, 6.07) is 10.6. The molecule has 27 heavy (non-hydrogen) atoms. The molecule has 0 amide bonds. The quantitative estimate of drug-likeness (QED) is 0.233. The van der Waals surface area contributed by atoms with Crippen molar-refractivity contribution in [2.75, 3.05) is 38.5 Å². The minimum atomic E-state index is -3.11. The monoisotopic (exact) mass is 508 g/mol. The lowest BCUT2D eigenvalue weighted by molar-refractivity contribution is 0.459. The molecule has 1 saturated heterocycles. The van der Waals surface area contributed by atoms with Crippen LogP contribution in [0.15, 0.2) is 35.3 Å². The number of benzene rings is 1. The summed E-state index contributed by atoms with van der Waals surface area (Å²) in [7, 11) is -3.11. The summed E-state index contributed by atoms with van der Waals surface area (Å²) in [5.74, 6) is 1.72. The van der Waals surface area contributed by atoms with Crippen LogP contribution < -0.4 is 10.0 Å². The van der Waals surface area contributed by atoms with Gasteiger partial charge >= 0.3 is 0 Å². The summed E-state index contributed by atoms with van der Waals surface area (Å²) in [5.41, 5.74) is 1.39. The van der Waals surface area contributed by atoms with Crippen molar-refractivity contribution in [2.24, 2.45) is 10.9 Å². The zero-order valence-corrected chi connectivity index (χ0v) is 19.5. The normalized spacial score (nSPS) is 17.6. The van der Waals surface area contributed by atoms with Crippen molar-refractivity contribution in [3.8, 4) is 0 Å². The van der Waals surface area contributed by atoms with Gasteiger partial charge in [0.1, 0.15) is 0 Å². The predicted molar refractivity (Wildman–Crippen MR) is 123 cm³/mol. The molecular formula is C19H33IN4O2S. The van der Waals surface area contributed by atoms with Crippen LogP contribution in [0.4, 0.5) is 0 Å². The molecule has 1 heterocycles. The third-order valence-electron chi connectivity index (χ3n) is 4.59. The van der Waals surface area contributed by atoms with Gasteiger partial charge in [0.2, 0.25) is 10.0 Å². The standard InChI is InChI=1S/C19H32N4O2S.HI/c1-3-20-19(21-12-8-13-22-26(24,25)4-2)23-14-11-18(16-23)15-17-9-6-5-7-10-17;/h5-7,9-10,18,22H,3-4,8,11-16H2,1-2H3,(H,20,21);1H. The lowest BCUT2D eigenvalue weighted by Crippen LogP contribution is -2.40. The second-order valence-electron chi connectivity index (χ2n) is 6.68. The Morgan fingerprint density at radius 1 is 1.26 bits per heavy atom. The number of rotatable bonds is 9. The van der Waals surface area contributed by atoms with Gasteiger partial charge in [0.15, 0.2) is 5.96 Å². The first-order chi connectivity index (χ1) is 12.5. The number of nitrogens with one attached hydrogen (secondary N) is 2. The number of likely N-dealkylation sites (tertiary alicyclic amines) is 1. The zero-order chi connectivity index (χ0) is 18.8. The number of halogens is 1. The van der Waals surface area contributed by atoms with E-state index in [1.165, 1.54) is 12.0 Å². The van der Waals surface area contributed by atoms with Crippen LogP contribution in [0, 0.1) is 5.92 Å². The van der Waals surface area contributed by atoms with Crippen LogP contribution in [0.5, 0.6) is 0 Å². The van der Waals surface area contributed by atoms with Crippen LogP contribution in [0.3, 0.4) is 0 Å². The van der Waals surface area contributed by atoms with Crippen molar-refractivity contribution >= 4 is 40.0 Å². The maximum Gasteiger partial charge on any atom is 0.211 e. The summed E-state index contributed by atoms with van der Waals surface area (Å²) < 4.78 is 25.4. The molecule has 8 heteroatoms. The highest BCUT2D eigenvalue weighted by molar-refractivity contribution is 14.0. The summed E-state index contributed by atoms with van der Waals surface area (Å²) in [4.78, 5) is 7.01. The van der Waals surface area contributed by atoms with Crippen molar-refractivity contribution < 1.29 is 8.42 Å². The van der Waals surface area contributed by atoms with Gasteiger partial charge in [-0.2, -0.15) is 0 Å². The molecule has 0 saturated carbocycles. The van der Waals surface area contributed by atoms with E-state index in [1.54, 1.807) is 6.92 Å². The van der Waals surface area contributed by atoms with Gasteiger partial charge in [-0.1, -0.05) is 30.3 Å². The third-order valence-corrected chi connectivity index (χ3v) is 5.99. The first kappa shape index (κ1) is 24.2. The average Bonchev–Trinajstić information content (AvgIpc) is 3.09. The largest absolute Gasteiger partial charge is 0.357 e. The number of sulfonamides is 1. The summed E-state index contributed by atoms with van der Waals surface area (Å²) in [5, 5.41) is 3.36. The average molecular weight is 508 g/mol. The second kappa shape index (κ2) is 12.6. The Morgan fingerprint density at radius 3 is 2.67 bits per heavy atom. The molecule has 6 nitrogen and oxygen atoms in total. The Morgan fingerprint density at radius 2 is 2.00 bits per heavy atom. The Balaban J connectivity index is 0.00000364. The van der Waals surface area contributed by atoms with Gasteiger partial charge in [0, 0.05) is 32.7 Å². The molecule has 1 aliphatic heterocycles. The molecule has 0 aromatic heterocycles. The maximum atomic E-state index is 11.4.